The molecule has 0 fully saturated rings. The molecule has 3 heteroatoms. The maximum absolute atomic E-state index is 5.38. The van der Waals surface area contributed by atoms with Crippen LogP contribution in [0.25, 0.3) is 0 Å². The molecule has 0 aliphatic carbocycles. The summed E-state index contributed by atoms with van der Waals surface area (Å²) >= 11 is 0. The van der Waals surface area contributed by atoms with Gasteiger partial charge < -0.3 is 14.6 Å². The Balaban J connectivity index is 1.62. The van der Waals surface area contributed by atoms with Crippen molar-refractivity contribution in [3.8, 4) is 0 Å². The third-order valence-corrected chi connectivity index (χ3v) is 3.54. The summed E-state index contributed by atoms with van der Waals surface area (Å²) < 4.78 is 5.38. The summed E-state index contributed by atoms with van der Waals surface area (Å²) in [5.74, 6) is 0.997. The molecule has 3 nitrogen and oxygen atoms in total. The molecule has 0 saturated carbocycles. The minimum atomic E-state index is 0.271. The molecule has 0 aliphatic rings. The number of furan rings is 1. The molecule has 0 amide bonds. The fourth-order valence-electron chi connectivity index (χ4n) is 2.19. The maximum atomic E-state index is 5.38. The van der Waals surface area contributed by atoms with E-state index < -0.39 is 0 Å². The Morgan fingerprint density at radius 1 is 1.10 bits per heavy atom. The number of nitrogens with one attached hydrogen (secondary N) is 1. The minimum absolute atomic E-state index is 0.271. The number of likely N-dealkylation sites (N-methyl/N-ethyl adjacent to an activating group) is 1. The summed E-state index contributed by atoms with van der Waals surface area (Å²) in [6.45, 7) is 5.22. The quantitative estimate of drug-likeness (QED) is 0.800. The molecule has 1 heterocycles. The van der Waals surface area contributed by atoms with Crippen LogP contribution in [-0.2, 0) is 6.42 Å². The van der Waals surface area contributed by atoms with Gasteiger partial charge in [-0.2, -0.15) is 0 Å². The number of nitrogens with zero attached hydrogens (tertiary/aromatic N) is 1. The third kappa shape index (κ3) is 4.83. The van der Waals surface area contributed by atoms with Gasteiger partial charge in [-0.25, -0.2) is 0 Å². The van der Waals surface area contributed by atoms with Gasteiger partial charge in [-0.3, -0.25) is 0 Å². The first-order valence-corrected chi connectivity index (χ1v) is 7.25. The van der Waals surface area contributed by atoms with Gasteiger partial charge in [0.25, 0.3) is 0 Å². The number of hydrogen-bond acceptors (Lipinski definition) is 3. The van der Waals surface area contributed by atoms with Gasteiger partial charge in [-0.05, 0) is 38.1 Å². The summed E-state index contributed by atoms with van der Waals surface area (Å²) in [5, 5.41) is 3.48. The van der Waals surface area contributed by atoms with Crippen LogP contribution in [0.1, 0.15) is 24.3 Å². The van der Waals surface area contributed by atoms with Gasteiger partial charge >= 0.3 is 0 Å². The monoisotopic (exact) mass is 272 g/mol. The van der Waals surface area contributed by atoms with Crippen LogP contribution in [0.15, 0.2) is 53.1 Å². The van der Waals surface area contributed by atoms with E-state index >= 15 is 0 Å². The molecule has 0 spiro atoms. The molecule has 1 N–H and O–H groups in total. The van der Waals surface area contributed by atoms with Crippen LogP contribution in [0.2, 0.25) is 0 Å². The summed E-state index contributed by atoms with van der Waals surface area (Å²) in [5.41, 5.74) is 1.40. The Morgan fingerprint density at radius 3 is 2.60 bits per heavy atom. The zero-order valence-electron chi connectivity index (χ0n) is 12.4. The van der Waals surface area contributed by atoms with Crippen LogP contribution in [0.4, 0.5) is 0 Å². The first-order chi connectivity index (χ1) is 9.75. The van der Waals surface area contributed by atoms with Crippen LogP contribution >= 0.6 is 0 Å². The molecular formula is C17H24N2O. The fourth-order valence-corrected chi connectivity index (χ4v) is 2.19. The van der Waals surface area contributed by atoms with Crippen molar-refractivity contribution < 1.29 is 4.42 Å². The average Bonchev–Trinajstić information content (AvgIpc) is 3.00. The molecule has 0 radical (unpaired) electrons. The van der Waals surface area contributed by atoms with E-state index in [9.17, 15) is 0 Å². The normalized spacial score (nSPS) is 12.8. The standard InChI is InChI=1S/C17H24N2O/c1-15(17-9-6-14-20-17)18-11-13-19(2)12-10-16-7-4-3-5-8-16/h3-9,14-15,18H,10-13H2,1-2H3. The van der Waals surface area contributed by atoms with Crippen LogP contribution in [0.3, 0.4) is 0 Å². The smallest absolute Gasteiger partial charge is 0.120 e. The first-order valence-electron chi connectivity index (χ1n) is 7.25. The fraction of sp³-hybridized carbons (Fsp3) is 0.412. The van der Waals surface area contributed by atoms with E-state index in [4.69, 9.17) is 4.42 Å². The molecule has 2 aromatic rings. The molecular weight excluding hydrogens is 248 g/mol. The van der Waals surface area contributed by atoms with E-state index in [0.29, 0.717) is 0 Å². The lowest BCUT2D eigenvalue weighted by molar-refractivity contribution is 0.323. The Morgan fingerprint density at radius 2 is 1.90 bits per heavy atom. The Bertz CT molecular complexity index is 467. The average molecular weight is 272 g/mol. The van der Waals surface area contributed by atoms with Crippen molar-refractivity contribution in [3.05, 3.63) is 60.1 Å². The Hall–Kier alpha value is -1.58. The van der Waals surface area contributed by atoms with E-state index in [1.165, 1.54) is 5.56 Å². The van der Waals surface area contributed by atoms with Crippen molar-refractivity contribution in [1.82, 2.24) is 10.2 Å². The highest BCUT2D eigenvalue weighted by Gasteiger charge is 2.07. The second kappa shape index (κ2) is 7.88. The highest BCUT2D eigenvalue weighted by Crippen LogP contribution is 2.11. The zero-order valence-corrected chi connectivity index (χ0v) is 12.4. The molecule has 0 aliphatic heterocycles. The molecule has 108 valence electrons. The van der Waals surface area contributed by atoms with Crippen LogP contribution < -0.4 is 5.32 Å². The molecule has 1 aromatic heterocycles. The number of rotatable bonds is 8. The lowest BCUT2D eigenvalue weighted by atomic mass is 10.1. The van der Waals surface area contributed by atoms with E-state index in [1.54, 1.807) is 6.26 Å². The lowest BCUT2D eigenvalue weighted by Crippen LogP contribution is -2.31. The predicted molar refractivity (Wildman–Crippen MR) is 82.8 cm³/mol. The van der Waals surface area contributed by atoms with Crippen molar-refractivity contribution in [1.29, 1.82) is 0 Å². The van der Waals surface area contributed by atoms with Gasteiger partial charge in [-0.1, -0.05) is 30.3 Å². The van der Waals surface area contributed by atoms with Crippen LogP contribution in [-0.4, -0.2) is 31.6 Å². The van der Waals surface area contributed by atoms with E-state index in [-0.39, 0.29) is 6.04 Å². The molecule has 1 unspecified atom stereocenters. The lowest BCUT2D eigenvalue weighted by Gasteiger charge is -2.18. The van der Waals surface area contributed by atoms with E-state index in [1.807, 2.05) is 12.1 Å². The maximum Gasteiger partial charge on any atom is 0.120 e. The first kappa shape index (κ1) is 14.8. The van der Waals surface area contributed by atoms with E-state index in [2.05, 4.69) is 54.5 Å². The summed E-state index contributed by atoms with van der Waals surface area (Å²) in [6.07, 6.45) is 2.82. The SMILES string of the molecule is CC(NCCN(C)CCc1ccccc1)c1ccco1. The van der Waals surface area contributed by atoms with Gasteiger partial charge in [0.05, 0.1) is 12.3 Å². The number of hydrogen-bond donors (Lipinski definition) is 1. The van der Waals surface area contributed by atoms with Crippen molar-refractivity contribution in [3.63, 3.8) is 0 Å². The highest BCUT2D eigenvalue weighted by molar-refractivity contribution is 5.14. The summed E-state index contributed by atoms with van der Waals surface area (Å²) in [6, 6.07) is 14.8. The third-order valence-electron chi connectivity index (χ3n) is 3.54. The molecule has 20 heavy (non-hydrogen) atoms. The Kier molecular flexibility index (Phi) is 5.84. The predicted octanol–water partition coefficient (Wildman–Crippen LogP) is 3.10. The van der Waals surface area contributed by atoms with Gasteiger partial charge in [-0.15, -0.1) is 0 Å². The molecule has 0 saturated heterocycles. The van der Waals surface area contributed by atoms with Gasteiger partial charge in [0.15, 0.2) is 0 Å². The zero-order chi connectivity index (χ0) is 14.2. The van der Waals surface area contributed by atoms with Gasteiger partial charge in [0.2, 0.25) is 0 Å². The largest absolute Gasteiger partial charge is 0.468 e. The molecule has 1 aromatic carbocycles. The summed E-state index contributed by atoms with van der Waals surface area (Å²) in [7, 11) is 2.17. The highest BCUT2D eigenvalue weighted by atomic mass is 16.3. The minimum Gasteiger partial charge on any atom is -0.468 e. The molecule has 1 atom stereocenters. The molecule has 0 bridgehead atoms. The van der Waals surface area contributed by atoms with Crippen molar-refractivity contribution in [2.75, 3.05) is 26.7 Å². The Labute approximate surface area is 121 Å². The summed E-state index contributed by atoms with van der Waals surface area (Å²) in [4.78, 5) is 2.36. The second-order valence-corrected chi connectivity index (χ2v) is 5.23. The van der Waals surface area contributed by atoms with Crippen molar-refractivity contribution >= 4 is 0 Å². The molecule has 2 rings (SSSR count). The van der Waals surface area contributed by atoms with Crippen LogP contribution in [0, 0.1) is 0 Å². The van der Waals surface area contributed by atoms with E-state index in [0.717, 1.165) is 31.8 Å². The van der Waals surface area contributed by atoms with Crippen molar-refractivity contribution in [2.24, 2.45) is 0 Å². The second-order valence-electron chi connectivity index (χ2n) is 5.23. The van der Waals surface area contributed by atoms with Crippen LogP contribution in [0.5, 0.6) is 0 Å². The topological polar surface area (TPSA) is 28.4 Å². The number of benzene rings is 1. The van der Waals surface area contributed by atoms with Crippen molar-refractivity contribution in [2.45, 2.75) is 19.4 Å². The van der Waals surface area contributed by atoms with Gasteiger partial charge in [0.1, 0.15) is 5.76 Å². The van der Waals surface area contributed by atoms with Gasteiger partial charge in [0, 0.05) is 19.6 Å².